The van der Waals surface area contributed by atoms with Crippen LogP contribution >= 0.6 is 0 Å². The molecule has 5 atom stereocenters. The van der Waals surface area contributed by atoms with Crippen molar-refractivity contribution in [1.29, 1.82) is 0 Å². The molecule has 55 heavy (non-hydrogen) atoms. The second-order valence-electron chi connectivity index (χ2n) is 15.9. The van der Waals surface area contributed by atoms with E-state index >= 15 is 0 Å². The molecular weight excluding hydrogens is 708 g/mol. The lowest BCUT2D eigenvalue weighted by Crippen LogP contribution is -2.59. The summed E-state index contributed by atoms with van der Waals surface area (Å²) >= 11 is 0. The smallest absolute Gasteiger partial charge is 0.410 e. The zero-order chi connectivity index (χ0) is 40.0. The SMILES string of the molecule is C[C@@H](C(=O)N[C@H](C(=O)N1C[C@@H](NC(=O)COCCOCCOCCN)C[C@H]1C(=O)N[C@@H]1CCCc2ccccc21)C1CCCCC1)N(C)C(=O)OC(C)(C)C. The van der Waals surface area contributed by atoms with Gasteiger partial charge < -0.3 is 45.5 Å². The van der Waals surface area contributed by atoms with Crippen molar-refractivity contribution in [3.8, 4) is 0 Å². The molecule has 1 aliphatic heterocycles. The van der Waals surface area contributed by atoms with E-state index in [0.717, 1.165) is 56.9 Å². The normalized spacial score (nSPS) is 21.2. The highest BCUT2D eigenvalue weighted by Crippen LogP contribution is 2.32. The van der Waals surface area contributed by atoms with Gasteiger partial charge in [0.25, 0.3) is 0 Å². The van der Waals surface area contributed by atoms with E-state index in [2.05, 4.69) is 22.0 Å². The van der Waals surface area contributed by atoms with Crippen molar-refractivity contribution in [2.75, 3.05) is 59.8 Å². The number of nitrogens with zero attached hydrogens (tertiary/aromatic N) is 2. The van der Waals surface area contributed by atoms with Crippen LogP contribution in [-0.2, 0) is 44.5 Å². The first kappa shape index (κ1) is 43.9. The number of aryl methyl sites for hydroxylation is 1. The van der Waals surface area contributed by atoms with Crippen LogP contribution in [-0.4, -0.2) is 129 Å². The van der Waals surface area contributed by atoms with Crippen LogP contribution in [0.1, 0.15) is 96.2 Å². The first-order valence-electron chi connectivity index (χ1n) is 20.0. The first-order chi connectivity index (χ1) is 26.3. The van der Waals surface area contributed by atoms with Crippen molar-refractivity contribution in [2.24, 2.45) is 11.7 Å². The maximum Gasteiger partial charge on any atom is 0.410 e. The molecule has 308 valence electrons. The third-order valence-corrected chi connectivity index (χ3v) is 10.5. The molecule has 15 heteroatoms. The Kier molecular flexibility index (Phi) is 17.2. The van der Waals surface area contributed by atoms with Gasteiger partial charge in [-0.3, -0.25) is 24.1 Å². The molecule has 2 aliphatic carbocycles. The average Bonchev–Trinajstić information content (AvgIpc) is 3.59. The quantitative estimate of drug-likeness (QED) is 0.162. The number of benzene rings is 1. The molecule has 0 spiro atoms. The second-order valence-corrected chi connectivity index (χ2v) is 15.9. The Morgan fingerprint density at radius 2 is 1.58 bits per heavy atom. The Labute approximate surface area is 326 Å². The van der Waals surface area contributed by atoms with E-state index in [1.807, 2.05) is 18.2 Å². The second kappa shape index (κ2) is 21.5. The largest absolute Gasteiger partial charge is 0.444 e. The molecule has 3 aliphatic rings. The zero-order valence-corrected chi connectivity index (χ0v) is 33.4. The molecule has 1 saturated heterocycles. The summed E-state index contributed by atoms with van der Waals surface area (Å²) in [6, 6.07) is 4.61. The summed E-state index contributed by atoms with van der Waals surface area (Å²) in [6.45, 7) is 8.92. The van der Waals surface area contributed by atoms with Crippen LogP contribution in [0.15, 0.2) is 24.3 Å². The Balaban J connectivity index is 1.48. The molecule has 1 saturated carbocycles. The molecule has 4 rings (SSSR count). The minimum atomic E-state index is -0.931. The van der Waals surface area contributed by atoms with Crippen molar-refractivity contribution >= 4 is 29.7 Å². The van der Waals surface area contributed by atoms with Crippen LogP contribution in [0.3, 0.4) is 0 Å². The molecule has 5 amide bonds. The summed E-state index contributed by atoms with van der Waals surface area (Å²) < 4.78 is 21.7. The molecule has 1 aromatic rings. The highest BCUT2D eigenvalue weighted by Gasteiger charge is 2.45. The zero-order valence-electron chi connectivity index (χ0n) is 33.4. The van der Waals surface area contributed by atoms with Crippen molar-refractivity contribution < 1.29 is 42.9 Å². The van der Waals surface area contributed by atoms with E-state index in [1.54, 1.807) is 27.7 Å². The lowest BCUT2D eigenvalue weighted by atomic mass is 9.83. The standard InChI is InChI=1S/C40H64N6O9/c1-27(45(5)39(51)55-40(2,3)4)36(48)44-35(29-13-7-6-8-14-29)38(50)46-25-30(42-34(47)26-54-23-22-53-21-20-52-19-18-41)24-33(46)37(49)43-32-17-11-15-28-12-9-10-16-31(28)32/h9-10,12,16,27,29-30,32-33,35H,6-8,11,13-15,17-26,41H2,1-5H3,(H,42,47)(H,43,49)(H,44,48)/t27-,30-,32+,33-,35-/m0/s1. The number of likely N-dealkylation sites (tertiary alicyclic amines) is 1. The van der Waals surface area contributed by atoms with Gasteiger partial charge in [0.15, 0.2) is 0 Å². The Hall–Kier alpha value is -3.79. The van der Waals surface area contributed by atoms with E-state index in [4.69, 9.17) is 24.7 Å². The number of rotatable bonds is 18. The van der Waals surface area contributed by atoms with E-state index in [9.17, 15) is 24.0 Å². The minimum absolute atomic E-state index is 0.0856. The number of carbonyl (C=O) groups excluding carboxylic acids is 5. The Bertz CT molecular complexity index is 1430. The summed E-state index contributed by atoms with van der Waals surface area (Å²) in [6.07, 6.45) is 6.51. The third-order valence-electron chi connectivity index (χ3n) is 10.5. The summed E-state index contributed by atoms with van der Waals surface area (Å²) in [5.41, 5.74) is 6.92. The monoisotopic (exact) mass is 772 g/mol. The molecule has 1 heterocycles. The van der Waals surface area contributed by atoms with Crippen molar-refractivity contribution in [3.05, 3.63) is 35.4 Å². The summed E-state index contributed by atoms with van der Waals surface area (Å²) in [5.74, 6) is -1.71. The summed E-state index contributed by atoms with van der Waals surface area (Å²) in [4.78, 5) is 71.3. The summed E-state index contributed by atoms with van der Waals surface area (Å²) in [7, 11) is 1.49. The van der Waals surface area contributed by atoms with Gasteiger partial charge in [-0.1, -0.05) is 43.5 Å². The molecule has 0 radical (unpaired) electrons. The number of carbonyl (C=O) groups is 5. The highest BCUT2D eigenvalue weighted by atomic mass is 16.6. The lowest BCUT2D eigenvalue weighted by Gasteiger charge is -2.36. The Morgan fingerprint density at radius 3 is 2.27 bits per heavy atom. The van der Waals surface area contributed by atoms with Crippen molar-refractivity contribution in [2.45, 2.75) is 121 Å². The number of hydrogen-bond acceptors (Lipinski definition) is 10. The predicted molar refractivity (Wildman–Crippen MR) is 206 cm³/mol. The number of likely N-dealkylation sites (N-methyl/N-ethyl adjacent to an activating group) is 1. The van der Waals surface area contributed by atoms with Gasteiger partial charge in [0.2, 0.25) is 23.6 Å². The maximum absolute atomic E-state index is 14.7. The highest BCUT2D eigenvalue weighted by molar-refractivity contribution is 5.94. The van der Waals surface area contributed by atoms with Gasteiger partial charge in [-0.2, -0.15) is 0 Å². The fraction of sp³-hybridized carbons (Fsp3) is 0.725. The predicted octanol–water partition coefficient (Wildman–Crippen LogP) is 2.59. The molecule has 2 fully saturated rings. The van der Waals surface area contributed by atoms with Crippen LogP contribution < -0.4 is 21.7 Å². The van der Waals surface area contributed by atoms with Crippen LogP contribution in [0.5, 0.6) is 0 Å². The summed E-state index contributed by atoms with van der Waals surface area (Å²) in [5, 5.41) is 9.17. The molecule has 0 bridgehead atoms. The maximum atomic E-state index is 14.7. The van der Waals surface area contributed by atoms with E-state index < -0.39 is 41.8 Å². The minimum Gasteiger partial charge on any atom is -0.444 e. The van der Waals surface area contributed by atoms with Gasteiger partial charge in [-0.05, 0) is 83.3 Å². The van der Waals surface area contributed by atoms with Crippen LogP contribution in [0, 0.1) is 5.92 Å². The van der Waals surface area contributed by atoms with Gasteiger partial charge in [0.05, 0.1) is 39.1 Å². The molecule has 15 nitrogen and oxygen atoms in total. The topological polar surface area (TPSA) is 191 Å². The molecule has 5 N–H and O–H groups in total. The van der Waals surface area contributed by atoms with E-state index in [0.29, 0.717) is 26.4 Å². The van der Waals surface area contributed by atoms with Gasteiger partial charge in [0.1, 0.15) is 30.3 Å². The number of fused-ring (bicyclic) bond motifs is 1. The van der Waals surface area contributed by atoms with Gasteiger partial charge in [0, 0.05) is 26.2 Å². The number of ether oxygens (including phenoxy) is 4. The van der Waals surface area contributed by atoms with Crippen LogP contribution in [0.4, 0.5) is 4.79 Å². The number of hydrogen-bond donors (Lipinski definition) is 4. The fourth-order valence-corrected chi connectivity index (χ4v) is 7.53. The van der Waals surface area contributed by atoms with Crippen molar-refractivity contribution in [3.63, 3.8) is 0 Å². The Morgan fingerprint density at radius 1 is 0.909 bits per heavy atom. The average molecular weight is 773 g/mol. The van der Waals surface area contributed by atoms with Gasteiger partial charge in [-0.25, -0.2) is 4.79 Å². The molecular formula is C40H64N6O9. The molecule has 0 aromatic heterocycles. The van der Waals surface area contributed by atoms with E-state index in [-0.39, 0.29) is 62.5 Å². The fourth-order valence-electron chi connectivity index (χ4n) is 7.53. The first-order valence-corrected chi connectivity index (χ1v) is 20.0. The van der Waals surface area contributed by atoms with Crippen LogP contribution in [0.25, 0.3) is 0 Å². The van der Waals surface area contributed by atoms with E-state index in [1.165, 1.54) is 22.4 Å². The third kappa shape index (κ3) is 13.4. The van der Waals surface area contributed by atoms with Crippen molar-refractivity contribution in [1.82, 2.24) is 25.8 Å². The molecule has 1 aromatic carbocycles. The number of amides is 5. The lowest BCUT2D eigenvalue weighted by molar-refractivity contribution is -0.143. The van der Waals surface area contributed by atoms with Crippen LogP contribution in [0.2, 0.25) is 0 Å². The van der Waals surface area contributed by atoms with Gasteiger partial charge in [-0.15, -0.1) is 0 Å². The van der Waals surface area contributed by atoms with Gasteiger partial charge >= 0.3 is 6.09 Å². The number of nitrogens with two attached hydrogens (primary N) is 1. The molecule has 0 unspecified atom stereocenters. The number of nitrogens with one attached hydrogen (secondary N) is 3.